The monoisotopic (exact) mass is 223 g/mol. The van der Waals surface area contributed by atoms with Crippen LogP contribution in [-0.4, -0.2) is 5.54 Å². The zero-order chi connectivity index (χ0) is 10.7. The van der Waals surface area contributed by atoms with Crippen molar-refractivity contribution in [3.8, 4) is 0 Å². The SMILES string of the molecule is Cc1ccsc1CNC1(C)CCCCC1. The highest BCUT2D eigenvalue weighted by atomic mass is 32.1. The summed E-state index contributed by atoms with van der Waals surface area (Å²) in [7, 11) is 0. The second-order valence-corrected chi connectivity index (χ2v) is 6.00. The van der Waals surface area contributed by atoms with Gasteiger partial charge in [-0.25, -0.2) is 0 Å². The Morgan fingerprint density at radius 2 is 2.07 bits per heavy atom. The smallest absolute Gasteiger partial charge is 0.0307 e. The van der Waals surface area contributed by atoms with Crippen molar-refractivity contribution < 1.29 is 0 Å². The van der Waals surface area contributed by atoms with Gasteiger partial charge in [0.05, 0.1) is 0 Å². The highest BCUT2D eigenvalue weighted by Gasteiger charge is 2.25. The van der Waals surface area contributed by atoms with E-state index in [9.17, 15) is 0 Å². The standard InChI is InChI=1S/C13H21NS/c1-11-6-9-15-12(11)10-14-13(2)7-4-3-5-8-13/h6,9,14H,3-5,7-8,10H2,1-2H3. The summed E-state index contributed by atoms with van der Waals surface area (Å²) in [5.74, 6) is 0. The van der Waals surface area contributed by atoms with Crippen molar-refractivity contribution in [3.05, 3.63) is 21.9 Å². The van der Waals surface area contributed by atoms with E-state index >= 15 is 0 Å². The first-order chi connectivity index (χ1) is 7.20. The molecular weight excluding hydrogens is 202 g/mol. The van der Waals surface area contributed by atoms with Crippen LogP contribution in [0.25, 0.3) is 0 Å². The maximum Gasteiger partial charge on any atom is 0.0307 e. The fourth-order valence-electron chi connectivity index (χ4n) is 2.39. The van der Waals surface area contributed by atoms with Crippen LogP contribution >= 0.6 is 11.3 Å². The Bertz CT molecular complexity index is 310. The summed E-state index contributed by atoms with van der Waals surface area (Å²) in [5.41, 5.74) is 1.83. The summed E-state index contributed by atoms with van der Waals surface area (Å²) < 4.78 is 0. The molecule has 0 bridgehead atoms. The van der Waals surface area contributed by atoms with Crippen molar-refractivity contribution in [1.29, 1.82) is 0 Å². The number of aryl methyl sites for hydroxylation is 1. The van der Waals surface area contributed by atoms with Crippen LogP contribution in [0.15, 0.2) is 11.4 Å². The molecule has 0 unspecified atom stereocenters. The molecule has 84 valence electrons. The lowest BCUT2D eigenvalue weighted by Gasteiger charge is -2.34. The minimum absolute atomic E-state index is 0.397. The summed E-state index contributed by atoms with van der Waals surface area (Å²) in [6.45, 7) is 5.64. The molecule has 0 saturated heterocycles. The summed E-state index contributed by atoms with van der Waals surface area (Å²) >= 11 is 1.87. The van der Waals surface area contributed by atoms with Gasteiger partial charge in [0, 0.05) is 17.0 Å². The molecule has 0 amide bonds. The predicted molar refractivity (Wildman–Crippen MR) is 67.4 cm³/mol. The Labute approximate surface area is 96.9 Å². The van der Waals surface area contributed by atoms with Gasteiger partial charge in [-0.2, -0.15) is 0 Å². The van der Waals surface area contributed by atoms with E-state index in [1.807, 2.05) is 11.3 Å². The van der Waals surface area contributed by atoms with Gasteiger partial charge in [-0.3, -0.25) is 0 Å². The fourth-order valence-corrected chi connectivity index (χ4v) is 3.23. The molecule has 1 nitrogen and oxygen atoms in total. The third-order valence-corrected chi connectivity index (χ3v) is 4.62. The summed E-state index contributed by atoms with van der Waals surface area (Å²) in [6.07, 6.45) is 6.91. The predicted octanol–water partition coefficient (Wildman–Crippen LogP) is 3.87. The van der Waals surface area contributed by atoms with Crippen LogP contribution in [0.3, 0.4) is 0 Å². The van der Waals surface area contributed by atoms with Gasteiger partial charge in [-0.05, 0) is 43.7 Å². The normalized spacial score (nSPS) is 20.4. The molecule has 1 aliphatic rings. The van der Waals surface area contributed by atoms with Gasteiger partial charge in [0.25, 0.3) is 0 Å². The molecule has 0 aromatic carbocycles. The zero-order valence-electron chi connectivity index (χ0n) is 9.81. The van der Waals surface area contributed by atoms with Gasteiger partial charge in [-0.1, -0.05) is 19.3 Å². The number of thiophene rings is 1. The lowest BCUT2D eigenvalue weighted by atomic mass is 9.83. The van der Waals surface area contributed by atoms with E-state index in [0.29, 0.717) is 5.54 Å². The van der Waals surface area contributed by atoms with Crippen molar-refractivity contribution in [2.24, 2.45) is 0 Å². The lowest BCUT2D eigenvalue weighted by Crippen LogP contribution is -2.43. The molecule has 0 aliphatic heterocycles. The Kier molecular flexibility index (Phi) is 3.47. The maximum atomic E-state index is 3.75. The van der Waals surface area contributed by atoms with Crippen LogP contribution < -0.4 is 5.32 Å². The molecule has 0 spiro atoms. The Morgan fingerprint density at radius 3 is 2.67 bits per heavy atom. The van der Waals surface area contributed by atoms with E-state index < -0.39 is 0 Å². The first kappa shape index (κ1) is 11.2. The molecule has 1 aromatic rings. The van der Waals surface area contributed by atoms with Crippen LogP contribution in [0.4, 0.5) is 0 Å². The van der Waals surface area contributed by atoms with Crippen molar-refractivity contribution in [2.75, 3.05) is 0 Å². The molecule has 2 heteroatoms. The van der Waals surface area contributed by atoms with Crippen LogP contribution in [0.1, 0.15) is 49.5 Å². The maximum absolute atomic E-state index is 3.75. The average molecular weight is 223 g/mol. The number of hydrogen-bond donors (Lipinski definition) is 1. The van der Waals surface area contributed by atoms with Gasteiger partial charge in [-0.15, -0.1) is 11.3 Å². The van der Waals surface area contributed by atoms with E-state index in [-0.39, 0.29) is 0 Å². The third kappa shape index (κ3) is 2.82. The van der Waals surface area contributed by atoms with Crippen molar-refractivity contribution in [2.45, 2.75) is 58.0 Å². The quantitative estimate of drug-likeness (QED) is 0.820. The second-order valence-electron chi connectivity index (χ2n) is 5.00. The fraction of sp³-hybridized carbons (Fsp3) is 0.692. The van der Waals surface area contributed by atoms with E-state index in [1.165, 1.54) is 42.5 Å². The Balaban J connectivity index is 1.89. The van der Waals surface area contributed by atoms with Crippen LogP contribution in [0.5, 0.6) is 0 Å². The summed E-state index contributed by atoms with van der Waals surface area (Å²) in [4.78, 5) is 1.50. The molecule has 0 radical (unpaired) electrons. The molecule has 15 heavy (non-hydrogen) atoms. The average Bonchev–Trinajstić information content (AvgIpc) is 2.62. The third-order valence-electron chi connectivity index (χ3n) is 3.60. The van der Waals surface area contributed by atoms with Crippen molar-refractivity contribution >= 4 is 11.3 Å². The van der Waals surface area contributed by atoms with E-state index in [2.05, 4.69) is 30.6 Å². The van der Waals surface area contributed by atoms with Crippen LogP contribution in [-0.2, 0) is 6.54 Å². The van der Waals surface area contributed by atoms with Gasteiger partial charge < -0.3 is 5.32 Å². The minimum atomic E-state index is 0.397. The highest BCUT2D eigenvalue weighted by molar-refractivity contribution is 7.10. The molecule has 1 aromatic heterocycles. The molecule has 1 aliphatic carbocycles. The van der Waals surface area contributed by atoms with Crippen LogP contribution in [0.2, 0.25) is 0 Å². The van der Waals surface area contributed by atoms with E-state index in [1.54, 1.807) is 0 Å². The van der Waals surface area contributed by atoms with Crippen molar-refractivity contribution in [3.63, 3.8) is 0 Å². The van der Waals surface area contributed by atoms with E-state index in [0.717, 1.165) is 6.54 Å². The molecule has 2 rings (SSSR count). The molecule has 1 N–H and O–H groups in total. The number of hydrogen-bond acceptors (Lipinski definition) is 2. The van der Waals surface area contributed by atoms with E-state index in [4.69, 9.17) is 0 Å². The molecule has 1 heterocycles. The first-order valence-corrected chi connectivity index (χ1v) is 6.86. The minimum Gasteiger partial charge on any atom is -0.307 e. The largest absolute Gasteiger partial charge is 0.307 e. The van der Waals surface area contributed by atoms with Crippen LogP contribution in [0, 0.1) is 6.92 Å². The van der Waals surface area contributed by atoms with Crippen molar-refractivity contribution in [1.82, 2.24) is 5.32 Å². The first-order valence-electron chi connectivity index (χ1n) is 5.98. The van der Waals surface area contributed by atoms with Gasteiger partial charge >= 0.3 is 0 Å². The molecule has 0 atom stereocenters. The zero-order valence-corrected chi connectivity index (χ0v) is 10.6. The van der Waals surface area contributed by atoms with Gasteiger partial charge in [0.2, 0.25) is 0 Å². The number of rotatable bonds is 3. The van der Waals surface area contributed by atoms with Gasteiger partial charge in [0.15, 0.2) is 0 Å². The van der Waals surface area contributed by atoms with Gasteiger partial charge in [0.1, 0.15) is 0 Å². The topological polar surface area (TPSA) is 12.0 Å². The molecule has 1 fully saturated rings. The highest BCUT2D eigenvalue weighted by Crippen LogP contribution is 2.28. The Morgan fingerprint density at radius 1 is 1.33 bits per heavy atom. The number of nitrogens with one attached hydrogen (secondary N) is 1. The summed E-state index contributed by atoms with van der Waals surface area (Å²) in [5, 5.41) is 5.94. The Hall–Kier alpha value is -0.340. The lowest BCUT2D eigenvalue weighted by molar-refractivity contribution is 0.253. The second kappa shape index (κ2) is 4.67. The molecular formula is C13H21NS. The molecule has 1 saturated carbocycles. The summed E-state index contributed by atoms with van der Waals surface area (Å²) in [6, 6.07) is 2.21.